The molecule has 0 saturated carbocycles. The number of nitriles is 1. The Morgan fingerprint density at radius 3 is 1.71 bits per heavy atom. The van der Waals surface area contributed by atoms with Crippen LogP contribution in [0.3, 0.4) is 0 Å². The fourth-order valence-corrected chi connectivity index (χ4v) is 0. The molecule has 0 aliphatic rings. The summed E-state index contributed by atoms with van der Waals surface area (Å²) in [6.45, 7) is 7.87. The normalized spacial score (nSPS) is 2.43. The van der Waals surface area contributed by atoms with Crippen LogP contribution < -0.4 is 29.6 Å². The van der Waals surface area contributed by atoms with Gasteiger partial charge in [-0.1, -0.05) is 6.58 Å². The largest absolute Gasteiger partial charge is 1.00 e. The Bertz CT molecular complexity index is 79.4. The van der Waals surface area contributed by atoms with Crippen LogP contribution in [0.4, 0.5) is 0 Å². The number of hydrogen-bond donors (Lipinski definition) is 0. The summed E-state index contributed by atoms with van der Waals surface area (Å²) in [7, 11) is 0. The van der Waals surface area contributed by atoms with Crippen LogP contribution in [-0.2, 0) is 0 Å². The summed E-state index contributed by atoms with van der Waals surface area (Å²) >= 11 is 0. The van der Waals surface area contributed by atoms with Crippen molar-refractivity contribution in [2.24, 2.45) is 0 Å². The van der Waals surface area contributed by atoms with Crippen LogP contribution >= 0.6 is 0 Å². The molecule has 0 heterocycles. The standard InChI is InChI=1S/C3H3N.CN.Na/c1-2-3-4;1-2;/h2H,1H2;;/q;-1;+1. The minimum atomic E-state index is 0. The van der Waals surface area contributed by atoms with E-state index in [-0.39, 0.29) is 29.6 Å². The van der Waals surface area contributed by atoms with Crippen LogP contribution in [0.25, 0.3) is 0 Å². The fourth-order valence-electron chi connectivity index (χ4n) is 0. The molecule has 0 unspecified atom stereocenters. The molecule has 0 amide bonds. The van der Waals surface area contributed by atoms with Crippen molar-refractivity contribution in [2.75, 3.05) is 0 Å². The first-order valence-electron chi connectivity index (χ1n) is 1.14. The monoisotopic (exact) mass is 102 g/mol. The molecule has 0 radical (unpaired) electrons. The van der Waals surface area contributed by atoms with Crippen molar-refractivity contribution >= 4 is 0 Å². The first-order valence-corrected chi connectivity index (χ1v) is 1.14. The topological polar surface area (TPSA) is 47.6 Å². The van der Waals surface area contributed by atoms with Crippen molar-refractivity contribution in [1.29, 1.82) is 10.5 Å². The molecule has 0 aromatic heterocycles. The van der Waals surface area contributed by atoms with Crippen molar-refractivity contribution in [3.8, 4) is 6.07 Å². The average Bonchev–Trinajstić information content (AvgIpc) is 1.72. The van der Waals surface area contributed by atoms with E-state index in [1.807, 2.05) is 0 Å². The first-order chi connectivity index (χ1) is 2.91. The van der Waals surface area contributed by atoms with Gasteiger partial charge in [0, 0.05) is 6.08 Å². The smallest absolute Gasteiger partial charge is 0.512 e. The molecule has 30 valence electrons. The van der Waals surface area contributed by atoms with E-state index in [0.29, 0.717) is 0 Å². The fraction of sp³-hybridized carbons (Fsp3) is 0. The number of hydrogen-bond acceptors (Lipinski definition) is 2. The molecule has 0 aromatic rings. The van der Waals surface area contributed by atoms with Gasteiger partial charge in [0.05, 0.1) is 6.07 Å². The van der Waals surface area contributed by atoms with E-state index in [1.54, 1.807) is 6.07 Å². The second-order valence-corrected chi connectivity index (χ2v) is 0.333. The van der Waals surface area contributed by atoms with Crippen molar-refractivity contribution in [1.82, 2.24) is 0 Å². The van der Waals surface area contributed by atoms with Gasteiger partial charge in [-0.3, -0.25) is 0 Å². The van der Waals surface area contributed by atoms with Gasteiger partial charge in [0.2, 0.25) is 0 Å². The van der Waals surface area contributed by atoms with Crippen molar-refractivity contribution < 1.29 is 29.6 Å². The Morgan fingerprint density at radius 2 is 1.71 bits per heavy atom. The van der Waals surface area contributed by atoms with Crippen LogP contribution in [0.1, 0.15) is 0 Å². The summed E-state index contributed by atoms with van der Waals surface area (Å²) in [5.41, 5.74) is 0. The Morgan fingerprint density at radius 1 is 1.57 bits per heavy atom. The van der Waals surface area contributed by atoms with Gasteiger partial charge in [0.1, 0.15) is 0 Å². The summed E-state index contributed by atoms with van der Waals surface area (Å²) in [4.78, 5) is 0. The quantitative estimate of drug-likeness (QED) is 0.198. The molecule has 0 N–H and O–H groups in total. The third-order valence-electron chi connectivity index (χ3n) is 0.0913. The van der Waals surface area contributed by atoms with Crippen molar-refractivity contribution in [3.63, 3.8) is 0 Å². The second kappa shape index (κ2) is 43.1. The van der Waals surface area contributed by atoms with Crippen molar-refractivity contribution in [2.45, 2.75) is 0 Å². The van der Waals surface area contributed by atoms with Gasteiger partial charge in [-0.25, -0.2) is 0 Å². The van der Waals surface area contributed by atoms with Crippen LogP contribution in [0.2, 0.25) is 0 Å². The zero-order valence-corrected chi connectivity index (χ0v) is 6.18. The molecule has 0 aliphatic heterocycles. The minimum Gasteiger partial charge on any atom is -0.512 e. The van der Waals surface area contributed by atoms with E-state index in [9.17, 15) is 0 Å². The van der Waals surface area contributed by atoms with Gasteiger partial charge >= 0.3 is 29.6 Å². The van der Waals surface area contributed by atoms with E-state index in [4.69, 9.17) is 17.1 Å². The van der Waals surface area contributed by atoms with Gasteiger partial charge in [-0.05, 0) is 0 Å². The van der Waals surface area contributed by atoms with Gasteiger partial charge in [-0.15, -0.1) is 0 Å². The van der Waals surface area contributed by atoms with E-state index in [2.05, 4.69) is 6.58 Å². The molecular weight excluding hydrogens is 99.0 g/mol. The maximum Gasteiger partial charge on any atom is 1.00 e. The molecule has 0 atom stereocenters. The molecule has 0 aliphatic carbocycles. The van der Waals surface area contributed by atoms with E-state index in [0.717, 1.165) is 0 Å². The molecule has 0 fully saturated rings. The zero-order valence-electron chi connectivity index (χ0n) is 4.18. The maximum atomic E-state index is 7.51. The van der Waals surface area contributed by atoms with Gasteiger partial charge < -0.3 is 11.8 Å². The molecule has 0 saturated heterocycles. The van der Waals surface area contributed by atoms with E-state index < -0.39 is 0 Å². The number of nitrogens with zero attached hydrogens (tertiary/aromatic N) is 2. The van der Waals surface area contributed by atoms with E-state index >= 15 is 0 Å². The molecule has 0 bridgehead atoms. The maximum absolute atomic E-state index is 7.51. The van der Waals surface area contributed by atoms with Gasteiger partial charge in [-0.2, -0.15) is 5.26 Å². The summed E-state index contributed by atoms with van der Waals surface area (Å²) in [5, 5.41) is 13.8. The van der Waals surface area contributed by atoms with Crippen LogP contribution in [0.5, 0.6) is 0 Å². The Kier molecular flexibility index (Phi) is 97.8. The summed E-state index contributed by atoms with van der Waals surface area (Å²) < 4.78 is 0. The van der Waals surface area contributed by atoms with Gasteiger partial charge in [0.15, 0.2) is 0 Å². The number of allylic oxidation sites excluding steroid dienone is 1. The molecule has 0 aromatic carbocycles. The molecule has 3 heteroatoms. The third-order valence-corrected chi connectivity index (χ3v) is 0.0913. The zero-order chi connectivity index (χ0) is 5.41. The minimum absolute atomic E-state index is 0. The number of rotatable bonds is 0. The van der Waals surface area contributed by atoms with Gasteiger partial charge in [0.25, 0.3) is 0 Å². The Balaban J connectivity index is -0.0000000480. The van der Waals surface area contributed by atoms with Crippen LogP contribution in [0.15, 0.2) is 12.7 Å². The van der Waals surface area contributed by atoms with Crippen molar-refractivity contribution in [3.05, 3.63) is 19.2 Å². The van der Waals surface area contributed by atoms with Crippen LogP contribution in [0, 0.1) is 23.2 Å². The molecule has 2 nitrogen and oxygen atoms in total. The first kappa shape index (κ1) is 15.9. The van der Waals surface area contributed by atoms with E-state index in [1.165, 1.54) is 6.08 Å². The molecule has 0 rings (SSSR count). The summed E-state index contributed by atoms with van der Waals surface area (Å²) in [6.07, 6.45) is 1.18. The molecular formula is C4H3N2Na. The Labute approximate surface area is 65.3 Å². The second-order valence-electron chi connectivity index (χ2n) is 0.333. The average molecular weight is 102 g/mol. The predicted molar refractivity (Wildman–Crippen MR) is 20.8 cm³/mol. The predicted octanol–water partition coefficient (Wildman–Crippen LogP) is -2.20. The third kappa shape index (κ3) is 153. The SMILES string of the molecule is C=CC#N.[C-]#N.[Na+]. The molecule has 7 heavy (non-hydrogen) atoms. The Hall–Kier alpha value is -0.280. The van der Waals surface area contributed by atoms with Crippen LogP contribution in [-0.4, -0.2) is 0 Å². The summed E-state index contributed by atoms with van der Waals surface area (Å²) in [6, 6.07) is 1.69. The molecule has 0 spiro atoms. The summed E-state index contributed by atoms with van der Waals surface area (Å²) in [5.74, 6) is 0.